The van der Waals surface area contributed by atoms with Crippen LogP contribution in [0, 0.1) is 6.92 Å². The van der Waals surface area contributed by atoms with Gasteiger partial charge in [-0.25, -0.2) is 4.98 Å². The number of rotatable bonds is 1. The van der Waals surface area contributed by atoms with E-state index in [4.69, 9.17) is 11.6 Å². The van der Waals surface area contributed by atoms with Gasteiger partial charge in [-0.2, -0.15) is 0 Å². The Morgan fingerprint density at radius 2 is 2.29 bits per heavy atom. The van der Waals surface area contributed by atoms with Crippen molar-refractivity contribution in [3.05, 3.63) is 35.1 Å². The van der Waals surface area contributed by atoms with Crippen molar-refractivity contribution in [2.75, 3.05) is 0 Å². The SMILES string of the molecule is C=C(C)c1cc2c(Cl)c[nH]c2nc1C. The van der Waals surface area contributed by atoms with Gasteiger partial charge in [0.25, 0.3) is 0 Å². The standard InChI is InChI=1S/C11H11ClN2/c1-6(2)8-4-9-10(12)5-13-11(9)14-7(8)3/h4-5H,1H2,2-3H3,(H,13,14). The number of hydrogen-bond acceptors (Lipinski definition) is 1. The fraction of sp³-hybridized carbons (Fsp3) is 0.182. The first-order valence-corrected chi connectivity index (χ1v) is 4.77. The first-order valence-electron chi connectivity index (χ1n) is 4.39. The molecule has 3 heteroatoms. The Hall–Kier alpha value is -1.28. The van der Waals surface area contributed by atoms with Crippen molar-refractivity contribution in [3.63, 3.8) is 0 Å². The molecule has 2 aromatic heterocycles. The normalized spacial score (nSPS) is 10.8. The summed E-state index contributed by atoms with van der Waals surface area (Å²) < 4.78 is 0. The van der Waals surface area contributed by atoms with E-state index in [2.05, 4.69) is 16.5 Å². The van der Waals surface area contributed by atoms with Crippen molar-refractivity contribution in [1.82, 2.24) is 9.97 Å². The number of fused-ring (bicyclic) bond motifs is 1. The lowest BCUT2D eigenvalue weighted by Gasteiger charge is -2.04. The molecule has 0 atom stereocenters. The van der Waals surface area contributed by atoms with Gasteiger partial charge in [0.15, 0.2) is 0 Å². The Balaban J connectivity index is 2.80. The van der Waals surface area contributed by atoms with Crippen LogP contribution in [0.1, 0.15) is 18.2 Å². The molecule has 2 nitrogen and oxygen atoms in total. The Labute approximate surface area is 87.6 Å². The van der Waals surface area contributed by atoms with Crippen LogP contribution in [0.2, 0.25) is 5.02 Å². The molecule has 0 aliphatic heterocycles. The van der Waals surface area contributed by atoms with E-state index in [-0.39, 0.29) is 0 Å². The lowest BCUT2D eigenvalue weighted by Crippen LogP contribution is -1.90. The molecule has 0 saturated heterocycles. The lowest BCUT2D eigenvalue weighted by molar-refractivity contribution is 1.20. The van der Waals surface area contributed by atoms with Gasteiger partial charge in [-0.3, -0.25) is 0 Å². The molecule has 2 rings (SSSR count). The van der Waals surface area contributed by atoms with Crippen molar-refractivity contribution in [3.8, 4) is 0 Å². The first kappa shape index (κ1) is 9.28. The zero-order valence-electron chi connectivity index (χ0n) is 8.19. The van der Waals surface area contributed by atoms with Gasteiger partial charge in [0.05, 0.1) is 5.02 Å². The fourth-order valence-corrected chi connectivity index (χ4v) is 1.74. The van der Waals surface area contributed by atoms with Crippen LogP contribution in [0.3, 0.4) is 0 Å². The van der Waals surface area contributed by atoms with Crippen LogP contribution in [0.5, 0.6) is 0 Å². The molecule has 0 aliphatic rings. The highest BCUT2D eigenvalue weighted by Crippen LogP contribution is 2.26. The second-order valence-corrected chi connectivity index (χ2v) is 3.84. The van der Waals surface area contributed by atoms with Crippen molar-refractivity contribution < 1.29 is 0 Å². The number of hydrogen-bond donors (Lipinski definition) is 1. The minimum atomic E-state index is 0.704. The van der Waals surface area contributed by atoms with Gasteiger partial charge in [0.1, 0.15) is 5.65 Å². The van der Waals surface area contributed by atoms with Crippen LogP contribution in [0.4, 0.5) is 0 Å². The minimum Gasteiger partial charge on any atom is -0.345 e. The Kier molecular flexibility index (Phi) is 2.08. The average molecular weight is 207 g/mol. The smallest absolute Gasteiger partial charge is 0.139 e. The number of pyridine rings is 1. The van der Waals surface area contributed by atoms with Crippen LogP contribution in [-0.2, 0) is 0 Å². The third-order valence-corrected chi connectivity index (χ3v) is 2.58. The third-order valence-electron chi connectivity index (χ3n) is 2.27. The number of aromatic nitrogens is 2. The van der Waals surface area contributed by atoms with Crippen molar-refractivity contribution >= 4 is 28.2 Å². The topological polar surface area (TPSA) is 28.7 Å². The van der Waals surface area contributed by atoms with Gasteiger partial charge < -0.3 is 4.98 Å². The molecule has 0 unspecified atom stereocenters. The highest BCUT2D eigenvalue weighted by Gasteiger charge is 2.07. The number of aryl methyl sites for hydroxylation is 1. The molecule has 0 fully saturated rings. The summed E-state index contributed by atoms with van der Waals surface area (Å²) in [5.41, 5.74) is 3.88. The quantitative estimate of drug-likeness (QED) is 0.760. The van der Waals surface area contributed by atoms with E-state index < -0.39 is 0 Å². The van der Waals surface area contributed by atoms with E-state index >= 15 is 0 Å². The largest absolute Gasteiger partial charge is 0.345 e. The molecule has 2 heterocycles. The van der Waals surface area contributed by atoms with Gasteiger partial charge in [-0.05, 0) is 31.1 Å². The van der Waals surface area contributed by atoms with Crippen molar-refractivity contribution in [2.24, 2.45) is 0 Å². The van der Waals surface area contributed by atoms with Gasteiger partial charge >= 0.3 is 0 Å². The van der Waals surface area contributed by atoms with Gasteiger partial charge in [-0.15, -0.1) is 0 Å². The first-order chi connectivity index (χ1) is 6.59. The zero-order chi connectivity index (χ0) is 10.3. The molecule has 0 amide bonds. The lowest BCUT2D eigenvalue weighted by atomic mass is 10.1. The molecule has 2 aromatic rings. The molecular formula is C11H11ClN2. The summed E-state index contributed by atoms with van der Waals surface area (Å²) in [7, 11) is 0. The molecule has 0 saturated carbocycles. The highest BCUT2D eigenvalue weighted by molar-refractivity contribution is 6.35. The molecule has 72 valence electrons. The molecular weight excluding hydrogens is 196 g/mol. The van der Waals surface area contributed by atoms with Crippen LogP contribution in [0.25, 0.3) is 16.6 Å². The zero-order valence-corrected chi connectivity index (χ0v) is 8.94. The van der Waals surface area contributed by atoms with E-state index in [0.717, 1.165) is 27.9 Å². The van der Waals surface area contributed by atoms with Crippen LogP contribution < -0.4 is 0 Å². The summed E-state index contributed by atoms with van der Waals surface area (Å²) in [6.45, 7) is 7.85. The molecule has 0 aliphatic carbocycles. The molecule has 1 N–H and O–H groups in total. The summed E-state index contributed by atoms with van der Waals surface area (Å²) in [5, 5.41) is 1.66. The summed E-state index contributed by atoms with van der Waals surface area (Å²) in [6.07, 6.45) is 1.75. The number of allylic oxidation sites excluding steroid dienone is 1. The Bertz CT molecular complexity index is 511. The molecule has 0 spiro atoms. The monoisotopic (exact) mass is 206 g/mol. The van der Waals surface area contributed by atoms with Crippen LogP contribution in [-0.4, -0.2) is 9.97 Å². The molecule has 0 radical (unpaired) electrons. The van der Waals surface area contributed by atoms with Crippen molar-refractivity contribution in [2.45, 2.75) is 13.8 Å². The fourth-order valence-electron chi connectivity index (χ4n) is 1.54. The van der Waals surface area contributed by atoms with E-state index in [0.29, 0.717) is 5.02 Å². The number of nitrogens with zero attached hydrogens (tertiary/aromatic N) is 1. The number of nitrogens with one attached hydrogen (secondary N) is 1. The maximum Gasteiger partial charge on any atom is 0.139 e. The molecule has 0 bridgehead atoms. The molecule has 14 heavy (non-hydrogen) atoms. The number of halogens is 1. The van der Waals surface area contributed by atoms with Crippen molar-refractivity contribution in [1.29, 1.82) is 0 Å². The maximum absolute atomic E-state index is 6.00. The van der Waals surface area contributed by atoms with E-state index in [1.807, 2.05) is 19.9 Å². The van der Waals surface area contributed by atoms with E-state index in [1.54, 1.807) is 6.20 Å². The summed E-state index contributed by atoms with van der Waals surface area (Å²) in [5.74, 6) is 0. The number of H-pyrrole nitrogens is 1. The van der Waals surface area contributed by atoms with Crippen LogP contribution >= 0.6 is 11.6 Å². The summed E-state index contributed by atoms with van der Waals surface area (Å²) >= 11 is 6.00. The van der Waals surface area contributed by atoms with E-state index in [1.165, 1.54) is 0 Å². The van der Waals surface area contributed by atoms with E-state index in [9.17, 15) is 0 Å². The third kappa shape index (κ3) is 1.32. The van der Waals surface area contributed by atoms with Crippen LogP contribution in [0.15, 0.2) is 18.8 Å². The second-order valence-electron chi connectivity index (χ2n) is 3.43. The average Bonchev–Trinajstić information content (AvgIpc) is 2.46. The Morgan fingerprint density at radius 1 is 1.57 bits per heavy atom. The minimum absolute atomic E-state index is 0.704. The highest BCUT2D eigenvalue weighted by atomic mass is 35.5. The van der Waals surface area contributed by atoms with Gasteiger partial charge in [0.2, 0.25) is 0 Å². The summed E-state index contributed by atoms with van der Waals surface area (Å²) in [6, 6.07) is 2.03. The predicted octanol–water partition coefficient (Wildman–Crippen LogP) is 3.56. The predicted molar refractivity (Wildman–Crippen MR) is 60.5 cm³/mol. The van der Waals surface area contributed by atoms with Gasteiger partial charge in [-0.1, -0.05) is 18.2 Å². The van der Waals surface area contributed by atoms with Gasteiger partial charge in [0, 0.05) is 17.3 Å². The Morgan fingerprint density at radius 3 is 2.93 bits per heavy atom. The maximum atomic E-state index is 6.00. The second kappa shape index (κ2) is 3.14. The number of aromatic amines is 1. The summed E-state index contributed by atoms with van der Waals surface area (Å²) in [4.78, 5) is 7.44. The molecule has 0 aromatic carbocycles.